The van der Waals surface area contributed by atoms with E-state index in [0.29, 0.717) is 0 Å². The molecule has 0 aliphatic rings. The van der Waals surface area contributed by atoms with E-state index in [4.69, 9.17) is 5.73 Å². The van der Waals surface area contributed by atoms with Gasteiger partial charge in [0.1, 0.15) is 0 Å². The zero-order chi connectivity index (χ0) is 10.6. The Balaban J connectivity index is 2.30. The summed E-state index contributed by atoms with van der Waals surface area (Å²) in [6, 6.07) is 0.277. The van der Waals surface area contributed by atoms with Crippen LogP contribution < -0.4 is 5.73 Å². The number of nitrogens with two attached hydrogens (primary N) is 1. The molecule has 2 nitrogen and oxygen atoms in total. The van der Waals surface area contributed by atoms with Gasteiger partial charge in [-0.2, -0.15) is 0 Å². The maximum atomic E-state index is 6.03. The number of aryl methyl sites for hydroxylation is 1. The van der Waals surface area contributed by atoms with Gasteiger partial charge in [0.05, 0.1) is 10.7 Å². The first-order valence-corrected chi connectivity index (χ1v) is 6.12. The Hall–Kier alpha value is -0.410. The highest BCUT2D eigenvalue weighted by atomic mass is 32.1. The first-order valence-electron chi connectivity index (χ1n) is 5.24. The van der Waals surface area contributed by atoms with E-state index in [9.17, 15) is 0 Å². The van der Waals surface area contributed by atoms with Crippen LogP contribution in [0.4, 0.5) is 0 Å². The maximum absolute atomic E-state index is 6.03. The molecule has 0 spiro atoms. The highest BCUT2D eigenvalue weighted by Gasteiger charge is 2.07. The molecule has 0 aromatic carbocycles. The van der Waals surface area contributed by atoms with Gasteiger partial charge in [-0.25, -0.2) is 4.98 Å². The van der Waals surface area contributed by atoms with Crippen molar-refractivity contribution in [2.45, 2.75) is 46.1 Å². The molecule has 0 bridgehead atoms. The number of rotatable bonds is 5. The van der Waals surface area contributed by atoms with E-state index in [2.05, 4.69) is 24.2 Å². The van der Waals surface area contributed by atoms with E-state index in [0.717, 1.165) is 29.5 Å². The molecule has 1 rings (SSSR count). The van der Waals surface area contributed by atoms with E-state index in [1.807, 2.05) is 6.92 Å². The van der Waals surface area contributed by atoms with Crippen LogP contribution in [0.15, 0.2) is 5.38 Å². The van der Waals surface area contributed by atoms with Gasteiger partial charge in [-0.3, -0.25) is 0 Å². The monoisotopic (exact) mass is 212 g/mol. The summed E-state index contributed by atoms with van der Waals surface area (Å²) < 4.78 is 0. The van der Waals surface area contributed by atoms with Crippen molar-refractivity contribution in [3.8, 4) is 0 Å². The van der Waals surface area contributed by atoms with Crippen molar-refractivity contribution in [2.24, 2.45) is 11.7 Å². The van der Waals surface area contributed by atoms with E-state index < -0.39 is 0 Å². The molecule has 0 saturated carbocycles. The highest BCUT2D eigenvalue weighted by molar-refractivity contribution is 7.09. The van der Waals surface area contributed by atoms with Crippen molar-refractivity contribution >= 4 is 11.3 Å². The molecule has 1 unspecified atom stereocenters. The quantitative estimate of drug-likeness (QED) is 0.815. The van der Waals surface area contributed by atoms with Gasteiger partial charge in [0, 0.05) is 17.8 Å². The number of aromatic nitrogens is 1. The van der Waals surface area contributed by atoms with E-state index in [1.54, 1.807) is 11.3 Å². The third-order valence-electron chi connectivity index (χ3n) is 2.25. The van der Waals surface area contributed by atoms with Crippen LogP contribution in [-0.2, 0) is 6.42 Å². The Kier molecular flexibility index (Phi) is 4.55. The lowest BCUT2D eigenvalue weighted by Crippen LogP contribution is -2.23. The molecule has 1 aromatic rings. The van der Waals surface area contributed by atoms with Gasteiger partial charge in [0.15, 0.2) is 0 Å². The van der Waals surface area contributed by atoms with Crippen molar-refractivity contribution in [1.82, 2.24) is 4.98 Å². The van der Waals surface area contributed by atoms with Crippen molar-refractivity contribution in [3.63, 3.8) is 0 Å². The minimum absolute atomic E-state index is 0.277. The first kappa shape index (κ1) is 11.7. The molecule has 14 heavy (non-hydrogen) atoms. The van der Waals surface area contributed by atoms with Gasteiger partial charge in [0.25, 0.3) is 0 Å². The Labute approximate surface area is 90.6 Å². The smallest absolute Gasteiger partial charge is 0.0897 e. The maximum Gasteiger partial charge on any atom is 0.0897 e. The molecule has 0 aliphatic heterocycles. The molecule has 0 aliphatic carbocycles. The molecule has 3 heteroatoms. The molecule has 80 valence electrons. The van der Waals surface area contributed by atoms with E-state index in [-0.39, 0.29) is 6.04 Å². The van der Waals surface area contributed by atoms with Crippen LogP contribution in [0.25, 0.3) is 0 Å². The molecular weight excluding hydrogens is 192 g/mol. The van der Waals surface area contributed by atoms with Crippen molar-refractivity contribution in [1.29, 1.82) is 0 Å². The Morgan fingerprint density at radius 3 is 2.64 bits per heavy atom. The van der Waals surface area contributed by atoms with Crippen molar-refractivity contribution in [3.05, 3.63) is 16.1 Å². The average molecular weight is 212 g/mol. The molecule has 0 amide bonds. The van der Waals surface area contributed by atoms with Crippen molar-refractivity contribution in [2.75, 3.05) is 0 Å². The summed E-state index contributed by atoms with van der Waals surface area (Å²) in [5, 5.41) is 3.25. The summed E-state index contributed by atoms with van der Waals surface area (Å²) in [4.78, 5) is 4.42. The Morgan fingerprint density at radius 1 is 1.43 bits per heavy atom. The zero-order valence-corrected chi connectivity index (χ0v) is 10.1. The third-order valence-corrected chi connectivity index (χ3v) is 3.08. The minimum atomic E-state index is 0.277. The van der Waals surface area contributed by atoms with Gasteiger partial charge in [-0.15, -0.1) is 11.3 Å². The van der Waals surface area contributed by atoms with Crippen LogP contribution in [0, 0.1) is 12.8 Å². The predicted octanol–water partition coefficient (Wildman–Crippen LogP) is 2.76. The SMILES string of the molecule is Cc1nc(CC(N)CCC(C)C)cs1. The number of nitrogens with zero attached hydrogens (tertiary/aromatic N) is 1. The molecule has 2 N–H and O–H groups in total. The van der Waals surface area contributed by atoms with Crippen LogP contribution in [0.5, 0.6) is 0 Å². The van der Waals surface area contributed by atoms with Crippen LogP contribution in [0.2, 0.25) is 0 Å². The fourth-order valence-corrected chi connectivity index (χ4v) is 2.05. The fraction of sp³-hybridized carbons (Fsp3) is 0.727. The van der Waals surface area contributed by atoms with Gasteiger partial charge in [-0.1, -0.05) is 13.8 Å². The van der Waals surface area contributed by atoms with Crippen LogP contribution >= 0.6 is 11.3 Å². The second kappa shape index (κ2) is 5.47. The highest BCUT2D eigenvalue weighted by Crippen LogP contribution is 2.12. The minimum Gasteiger partial charge on any atom is -0.327 e. The van der Waals surface area contributed by atoms with Gasteiger partial charge >= 0.3 is 0 Å². The normalized spacial score (nSPS) is 13.5. The predicted molar refractivity (Wildman–Crippen MR) is 62.6 cm³/mol. The van der Waals surface area contributed by atoms with Gasteiger partial charge in [0.2, 0.25) is 0 Å². The average Bonchev–Trinajstić information content (AvgIpc) is 2.48. The molecule has 0 fully saturated rings. The van der Waals surface area contributed by atoms with E-state index >= 15 is 0 Å². The summed E-state index contributed by atoms with van der Waals surface area (Å²) in [5.41, 5.74) is 7.18. The summed E-state index contributed by atoms with van der Waals surface area (Å²) >= 11 is 1.70. The summed E-state index contributed by atoms with van der Waals surface area (Å²) in [6.07, 6.45) is 3.25. The molecule has 0 saturated heterocycles. The molecular formula is C11H20N2S. The second-order valence-electron chi connectivity index (χ2n) is 4.29. The lowest BCUT2D eigenvalue weighted by atomic mass is 10.0. The molecule has 1 heterocycles. The fourth-order valence-electron chi connectivity index (χ4n) is 1.42. The van der Waals surface area contributed by atoms with Crippen LogP contribution in [-0.4, -0.2) is 11.0 Å². The number of thiazole rings is 1. The second-order valence-corrected chi connectivity index (χ2v) is 5.36. The van der Waals surface area contributed by atoms with Crippen LogP contribution in [0.3, 0.4) is 0 Å². The number of hydrogen-bond acceptors (Lipinski definition) is 3. The summed E-state index contributed by atoms with van der Waals surface area (Å²) in [5.74, 6) is 0.748. The lowest BCUT2D eigenvalue weighted by Gasteiger charge is -2.11. The van der Waals surface area contributed by atoms with Gasteiger partial charge < -0.3 is 5.73 Å². The Bertz CT molecular complexity index is 268. The van der Waals surface area contributed by atoms with E-state index in [1.165, 1.54) is 6.42 Å². The standard InChI is InChI=1S/C11H20N2S/c1-8(2)4-5-10(12)6-11-7-14-9(3)13-11/h7-8,10H,4-6,12H2,1-3H3. The lowest BCUT2D eigenvalue weighted by molar-refractivity contribution is 0.493. The zero-order valence-electron chi connectivity index (χ0n) is 9.29. The van der Waals surface area contributed by atoms with Gasteiger partial charge in [-0.05, 0) is 25.7 Å². The molecule has 1 aromatic heterocycles. The molecule has 0 radical (unpaired) electrons. The first-order chi connectivity index (χ1) is 6.58. The Morgan fingerprint density at radius 2 is 2.14 bits per heavy atom. The largest absolute Gasteiger partial charge is 0.327 e. The van der Waals surface area contributed by atoms with Crippen molar-refractivity contribution < 1.29 is 0 Å². The molecule has 1 atom stereocenters. The third kappa shape index (κ3) is 4.20. The van der Waals surface area contributed by atoms with Crippen LogP contribution in [0.1, 0.15) is 37.4 Å². The summed E-state index contributed by atoms with van der Waals surface area (Å²) in [7, 11) is 0. The number of hydrogen-bond donors (Lipinski definition) is 1. The topological polar surface area (TPSA) is 38.9 Å². The summed E-state index contributed by atoms with van der Waals surface area (Å²) in [6.45, 7) is 6.51.